The van der Waals surface area contributed by atoms with Crippen molar-refractivity contribution in [2.75, 3.05) is 19.8 Å². The Morgan fingerprint density at radius 3 is 1.65 bits per heavy atom. The molecule has 4 unspecified atom stereocenters. The van der Waals surface area contributed by atoms with E-state index in [9.17, 15) is 4.79 Å². The lowest BCUT2D eigenvalue weighted by Gasteiger charge is -2.46. The molecule has 7 heteroatoms. The van der Waals surface area contributed by atoms with E-state index >= 15 is 0 Å². The summed E-state index contributed by atoms with van der Waals surface area (Å²) in [4.78, 5) is 13.7. The van der Waals surface area contributed by atoms with Crippen molar-refractivity contribution in [2.45, 2.75) is 111 Å². The van der Waals surface area contributed by atoms with Crippen LogP contribution in [0.25, 0.3) is 0 Å². The Bertz CT molecular complexity index is 570. The molecular formula is C24H48O5Si2. The van der Waals surface area contributed by atoms with Crippen molar-refractivity contribution in [1.29, 1.82) is 0 Å². The van der Waals surface area contributed by atoms with Gasteiger partial charge in [0, 0.05) is 25.4 Å². The fourth-order valence-corrected chi connectivity index (χ4v) is 15.7. The van der Waals surface area contributed by atoms with Crippen LogP contribution >= 0.6 is 0 Å². The largest absolute Gasteiger partial charge is 0.518 e. The highest BCUT2D eigenvalue weighted by molar-refractivity contribution is 6.79. The van der Waals surface area contributed by atoms with Crippen LogP contribution in [-0.4, -0.2) is 42.9 Å². The lowest BCUT2D eigenvalue weighted by Crippen LogP contribution is -2.55. The fourth-order valence-electron chi connectivity index (χ4n) is 6.95. The second kappa shape index (κ2) is 10.4. The maximum atomic E-state index is 13.7. The van der Waals surface area contributed by atoms with Gasteiger partial charge < -0.3 is 17.7 Å². The van der Waals surface area contributed by atoms with Gasteiger partial charge in [0.1, 0.15) is 0 Å². The van der Waals surface area contributed by atoms with E-state index in [0.29, 0.717) is 53.8 Å². The smallest absolute Gasteiger partial charge is 0.504 e. The molecule has 4 atom stereocenters. The molecule has 0 aromatic heterocycles. The van der Waals surface area contributed by atoms with Gasteiger partial charge in [-0.05, 0) is 75.4 Å². The molecule has 0 N–H and O–H groups in total. The van der Waals surface area contributed by atoms with Crippen molar-refractivity contribution in [3.63, 3.8) is 0 Å². The third-order valence-electron chi connectivity index (χ3n) is 8.22. The van der Waals surface area contributed by atoms with E-state index in [1.165, 1.54) is 0 Å². The molecule has 2 aliphatic carbocycles. The highest BCUT2D eigenvalue weighted by atomic mass is 28.4. The molecule has 0 spiro atoms. The summed E-state index contributed by atoms with van der Waals surface area (Å²) in [5, 5.41) is 0. The van der Waals surface area contributed by atoms with E-state index in [1.807, 2.05) is 20.8 Å². The molecule has 0 radical (unpaired) electrons. The first-order chi connectivity index (χ1) is 14.4. The normalized spacial score (nSPS) is 28.9. The minimum Gasteiger partial charge on any atom is -0.518 e. The molecule has 0 saturated heterocycles. The Labute approximate surface area is 193 Å². The summed E-state index contributed by atoms with van der Waals surface area (Å²) in [7, 11) is -5.00. The van der Waals surface area contributed by atoms with Crippen LogP contribution in [0.2, 0.25) is 22.2 Å². The molecule has 0 aromatic rings. The number of carbonyl (C=O) groups is 1. The van der Waals surface area contributed by atoms with Crippen LogP contribution in [0.3, 0.4) is 0 Å². The highest BCUT2D eigenvalue weighted by Crippen LogP contribution is 2.64. The molecule has 2 aliphatic rings. The molecule has 2 saturated carbocycles. The summed E-state index contributed by atoms with van der Waals surface area (Å²) in [5.41, 5.74) is 1.10. The van der Waals surface area contributed by atoms with Gasteiger partial charge in [-0.1, -0.05) is 41.5 Å². The third kappa shape index (κ3) is 4.72. The average molecular weight is 473 g/mol. The van der Waals surface area contributed by atoms with Crippen molar-refractivity contribution in [2.24, 2.45) is 17.3 Å². The second-order valence-corrected chi connectivity index (χ2v) is 19.0. The molecule has 31 heavy (non-hydrogen) atoms. The second-order valence-electron chi connectivity index (χ2n) is 10.8. The summed E-state index contributed by atoms with van der Waals surface area (Å²) >= 11 is 0. The first-order valence-electron chi connectivity index (χ1n) is 12.6. The van der Waals surface area contributed by atoms with Gasteiger partial charge in [0.2, 0.25) is 0 Å². The van der Waals surface area contributed by atoms with E-state index in [4.69, 9.17) is 17.7 Å². The van der Waals surface area contributed by atoms with Crippen molar-refractivity contribution < 1.29 is 22.5 Å². The quantitative estimate of drug-likeness (QED) is 0.301. The molecule has 2 fully saturated rings. The zero-order chi connectivity index (χ0) is 23.6. The van der Waals surface area contributed by atoms with E-state index < -0.39 is 22.5 Å². The number of fused-ring (bicyclic) bond motifs is 2. The number of carbonyl (C=O) groups excluding carboxylic acids is 1. The van der Waals surface area contributed by atoms with Crippen LogP contribution < -0.4 is 0 Å². The first kappa shape index (κ1) is 27.0. The summed E-state index contributed by atoms with van der Waals surface area (Å²) in [6.07, 6.45) is 2.86. The van der Waals surface area contributed by atoms with Crippen molar-refractivity contribution in [3.05, 3.63) is 0 Å². The predicted octanol–water partition coefficient (Wildman–Crippen LogP) is 6.56. The van der Waals surface area contributed by atoms with Gasteiger partial charge in [0.05, 0.1) is 5.41 Å². The van der Waals surface area contributed by atoms with Gasteiger partial charge in [0.15, 0.2) is 0 Å². The van der Waals surface area contributed by atoms with Crippen molar-refractivity contribution in [3.8, 4) is 0 Å². The molecular weight excluding hydrogens is 424 g/mol. The van der Waals surface area contributed by atoms with Crippen molar-refractivity contribution in [1.82, 2.24) is 0 Å². The van der Waals surface area contributed by atoms with Crippen LogP contribution in [0, 0.1) is 17.3 Å². The van der Waals surface area contributed by atoms with Crippen LogP contribution in [0.1, 0.15) is 88.5 Å². The Hall–Kier alpha value is -0.216. The summed E-state index contributed by atoms with van der Waals surface area (Å²) < 4.78 is 25.4. The van der Waals surface area contributed by atoms with E-state index in [1.54, 1.807) is 0 Å². The number of rotatable bonds is 12. The van der Waals surface area contributed by atoms with E-state index in [2.05, 4.69) is 48.5 Å². The SMILES string of the molecule is CCO[Si](OCC)(OCC)C1CC2CC1CC2(C)C(=O)O[Si](C(C)C)(C(C)C)C(C)C. The van der Waals surface area contributed by atoms with Crippen LogP contribution in [-0.2, 0) is 22.5 Å². The summed E-state index contributed by atoms with van der Waals surface area (Å²) in [6.45, 7) is 23.5. The zero-order valence-electron chi connectivity index (χ0n) is 21.7. The molecule has 0 aromatic carbocycles. The van der Waals surface area contributed by atoms with Gasteiger partial charge in [-0.15, -0.1) is 0 Å². The van der Waals surface area contributed by atoms with Gasteiger partial charge in [0.25, 0.3) is 14.3 Å². The fraction of sp³-hybridized carbons (Fsp3) is 0.958. The van der Waals surface area contributed by atoms with Crippen LogP contribution in [0.4, 0.5) is 0 Å². The van der Waals surface area contributed by atoms with E-state index in [-0.39, 0.29) is 5.97 Å². The maximum absolute atomic E-state index is 13.7. The third-order valence-corrected chi connectivity index (χ3v) is 17.9. The van der Waals surface area contributed by atoms with Crippen LogP contribution in [0.15, 0.2) is 0 Å². The first-order valence-corrected chi connectivity index (χ1v) is 16.5. The van der Waals surface area contributed by atoms with Gasteiger partial charge in [-0.3, -0.25) is 4.79 Å². The van der Waals surface area contributed by atoms with Crippen molar-refractivity contribution >= 4 is 23.1 Å². The standard InChI is InChI=1S/C24H48O5Si2/c1-11-26-31(27-12-2,28-13-3)22-15-21-14-20(22)16-24(21,10)23(25)29-30(17(4)5,18(6)7)19(8)9/h17-22H,11-16H2,1-10H3. The monoisotopic (exact) mass is 472 g/mol. The van der Waals surface area contributed by atoms with Gasteiger partial charge in [-0.2, -0.15) is 0 Å². The Kier molecular flexibility index (Phi) is 9.04. The average Bonchev–Trinajstić information content (AvgIpc) is 3.24. The molecule has 0 heterocycles. The molecule has 182 valence electrons. The maximum Gasteiger partial charge on any atom is 0.504 e. The lowest BCUT2D eigenvalue weighted by atomic mass is 9.75. The van der Waals surface area contributed by atoms with Crippen LogP contribution in [0.5, 0.6) is 0 Å². The number of hydrogen-bond donors (Lipinski definition) is 0. The summed E-state index contributed by atoms with van der Waals surface area (Å²) in [6, 6.07) is 0. The minimum atomic E-state index is -2.76. The molecule has 2 bridgehead atoms. The Balaban J connectivity index is 2.25. The van der Waals surface area contributed by atoms with Gasteiger partial charge >= 0.3 is 8.80 Å². The molecule has 0 amide bonds. The number of hydrogen-bond acceptors (Lipinski definition) is 5. The molecule has 2 rings (SSSR count). The van der Waals surface area contributed by atoms with E-state index in [0.717, 1.165) is 19.3 Å². The minimum absolute atomic E-state index is 0.0534. The zero-order valence-corrected chi connectivity index (χ0v) is 23.7. The topological polar surface area (TPSA) is 54.0 Å². The summed E-state index contributed by atoms with van der Waals surface area (Å²) in [5.74, 6) is 0.784. The highest BCUT2D eigenvalue weighted by Gasteiger charge is 2.66. The Morgan fingerprint density at radius 2 is 1.32 bits per heavy atom. The lowest BCUT2D eigenvalue weighted by molar-refractivity contribution is -0.149. The molecule has 0 aliphatic heterocycles. The van der Waals surface area contributed by atoms with Gasteiger partial charge in [-0.25, -0.2) is 0 Å². The predicted molar refractivity (Wildman–Crippen MR) is 130 cm³/mol. The Morgan fingerprint density at radius 1 is 0.871 bits per heavy atom. The molecule has 5 nitrogen and oxygen atoms in total.